The van der Waals surface area contributed by atoms with Gasteiger partial charge in [0, 0.05) is 6.42 Å². The van der Waals surface area contributed by atoms with E-state index in [1.54, 1.807) is 0 Å². The number of rotatable bonds is 9. The monoisotopic (exact) mass is 522 g/mol. The van der Waals surface area contributed by atoms with Gasteiger partial charge in [0.1, 0.15) is 6.61 Å². The first-order valence-electron chi connectivity index (χ1n) is 15.4. The van der Waals surface area contributed by atoms with E-state index in [9.17, 15) is 15.0 Å². The number of unbranched alkanes of at least 4 members (excludes halogenated alkanes) is 2. The van der Waals surface area contributed by atoms with Crippen molar-refractivity contribution in [1.82, 2.24) is 0 Å². The van der Waals surface area contributed by atoms with Gasteiger partial charge < -0.3 is 14.9 Å². The molecule has 4 aliphatic carbocycles. The Hall–Kier alpha value is -1.65. The van der Waals surface area contributed by atoms with Crippen LogP contribution in [-0.4, -0.2) is 27.9 Å². The van der Waals surface area contributed by atoms with E-state index in [2.05, 4.69) is 26.8 Å². The van der Waals surface area contributed by atoms with Crippen molar-refractivity contribution >= 4 is 5.97 Å². The van der Waals surface area contributed by atoms with Gasteiger partial charge in [0.2, 0.25) is 0 Å². The topological polar surface area (TPSA) is 66.8 Å². The Morgan fingerprint density at radius 3 is 2.61 bits per heavy atom. The molecular formula is C34H50O4. The van der Waals surface area contributed by atoms with E-state index in [-0.39, 0.29) is 22.9 Å². The molecule has 4 unspecified atom stereocenters. The fourth-order valence-electron chi connectivity index (χ4n) is 9.58. The molecule has 0 aromatic heterocycles. The fourth-order valence-corrected chi connectivity index (χ4v) is 9.58. The van der Waals surface area contributed by atoms with Crippen LogP contribution < -0.4 is 0 Å². The molecule has 0 saturated heterocycles. The Kier molecular flexibility index (Phi) is 8.14. The van der Waals surface area contributed by atoms with Gasteiger partial charge in [-0.25, -0.2) is 0 Å². The maximum Gasteiger partial charge on any atom is 0.306 e. The van der Waals surface area contributed by atoms with E-state index in [4.69, 9.17) is 4.74 Å². The molecule has 8 atom stereocenters. The minimum Gasteiger partial charge on any atom is -0.461 e. The minimum absolute atomic E-state index is 0.130. The molecule has 0 bridgehead atoms. The Labute approximate surface area is 230 Å². The molecule has 5 rings (SSSR count). The lowest BCUT2D eigenvalue weighted by atomic mass is 9.46. The van der Waals surface area contributed by atoms with E-state index in [1.165, 1.54) is 24.8 Å². The van der Waals surface area contributed by atoms with Crippen molar-refractivity contribution < 1.29 is 19.7 Å². The Bertz CT molecular complexity index is 999. The van der Waals surface area contributed by atoms with Gasteiger partial charge in [0.15, 0.2) is 0 Å². The fraction of sp³-hybridized carbons (Fsp3) is 0.735. The molecule has 0 radical (unpaired) electrons. The minimum atomic E-state index is -0.654. The normalized spacial score (nSPS) is 37.8. The van der Waals surface area contributed by atoms with Gasteiger partial charge in [-0.1, -0.05) is 68.7 Å². The molecule has 3 saturated carbocycles. The second kappa shape index (κ2) is 11.1. The van der Waals surface area contributed by atoms with Gasteiger partial charge in [-0.3, -0.25) is 4.79 Å². The number of fused-ring (bicyclic) bond motifs is 5. The Balaban J connectivity index is 1.11. The third-order valence-corrected chi connectivity index (χ3v) is 11.6. The molecule has 1 aromatic carbocycles. The van der Waals surface area contributed by atoms with E-state index in [0.29, 0.717) is 24.9 Å². The van der Waals surface area contributed by atoms with Gasteiger partial charge >= 0.3 is 5.97 Å². The molecule has 1 aromatic rings. The summed E-state index contributed by atoms with van der Waals surface area (Å²) < 4.78 is 5.41. The summed E-state index contributed by atoms with van der Waals surface area (Å²) in [6.07, 6.45) is 15.3. The molecule has 0 spiro atoms. The van der Waals surface area contributed by atoms with Crippen molar-refractivity contribution in [1.29, 1.82) is 0 Å². The standard InChI is InChI=1S/C34H50O4/c1-32-20-17-26(35)22-25(32)13-14-27-28-15-16-30(33(28,2)21-18-29(27)32)34(3,37)19-9-5-8-12-31(36)38-23-24-10-6-4-7-11-24/h4,6-7,10-11,13,26-30,35,37H,5,8-9,12,14-23H2,1-3H3/t26-,27?,28?,29?,30-,32-,33-,34?/m0/s1. The van der Waals surface area contributed by atoms with Crippen molar-refractivity contribution in [2.45, 2.75) is 123 Å². The van der Waals surface area contributed by atoms with Crippen LogP contribution in [0.15, 0.2) is 42.0 Å². The van der Waals surface area contributed by atoms with Crippen LogP contribution in [-0.2, 0) is 16.1 Å². The third kappa shape index (κ3) is 5.37. The number of aliphatic hydroxyl groups is 2. The van der Waals surface area contributed by atoms with Crippen molar-refractivity contribution in [2.24, 2.45) is 34.5 Å². The van der Waals surface area contributed by atoms with Crippen LogP contribution in [0.1, 0.15) is 110 Å². The molecule has 0 amide bonds. The summed E-state index contributed by atoms with van der Waals surface area (Å²) in [6, 6.07) is 9.82. The Morgan fingerprint density at radius 2 is 1.82 bits per heavy atom. The second-order valence-corrected chi connectivity index (χ2v) is 13.9. The summed E-state index contributed by atoms with van der Waals surface area (Å²) in [4.78, 5) is 12.1. The van der Waals surface area contributed by atoms with Crippen molar-refractivity contribution in [2.75, 3.05) is 0 Å². The Morgan fingerprint density at radius 1 is 1.03 bits per heavy atom. The average Bonchev–Trinajstić information content (AvgIpc) is 3.26. The summed E-state index contributed by atoms with van der Waals surface area (Å²) >= 11 is 0. The highest BCUT2D eigenvalue weighted by atomic mass is 16.5. The maximum atomic E-state index is 12.1. The van der Waals surface area contributed by atoms with Gasteiger partial charge in [-0.05, 0) is 111 Å². The zero-order valence-electron chi connectivity index (χ0n) is 24.0. The van der Waals surface area contributed by atoms with Crippen molar-refractivity contribution in [3.8, 4) is 0 Å². The lowest BCUT2D eigenvalue weighted by Gasteiger charge is -2.59. The lowest BCUT2D eigenvalue weighted by molar-refractivity contribution is -0.145. The van der Waals surface area contributed by atoms with Crippen LogP contribution in [0.4, 0.5) is 0 Å². The first-order valence-corrected chi connectivity index (χ1v) is 15.4. The molecule has 4 heteroatoms. The molecule has 4 aliphatic rings. The predicted octanol–water partition coefficient (Wildman–Crippen LogP) is 7.37. The number of carbonyl (C=O) groups is 1. The van der Waals surface area contributed by atoms with Crippen LogP contribution in [0.2, 0.25) is 0 Å². The van der Waals surface area contributed by atoms with Gasteiger partial charge in [-0.15, -0.1) is 0 Å². The zero-order valence-corrected chi connectivity index (χ0v) is 24.0. The molecule has 0 heterocycles. The second-order valence-electron chi connectivity index (χ2n) is 13.9. The quantitative estimate of drug-likeness (QED) is 0.202. The van der Waals surface area contributed by atoms with Crippen molar-refractivity contribution in [3.05, 3.63) is 47.5 Å². The highest BCUT2D eigenvalue weighted by Crippen LogP contribution is 2.67. The number of ether oxygens (including phenoxy) is 1. The van der Waals surface area contributed by atoms with Crippen LogP contribution in [0.25, 0.3) is 0 Å². The zero-order chi connectivity index (χ0) is 27.0. The van der Waals surface area contributed by atoms with Crippen LogP contribution in [0.3, 0.4) is 0 Å². The molecule has 0 aliphatic heterocycles. The number of hydrogen-bond donors (Lipinski definition) is 2. The third-order valence-electron chi connectivity index (χ3n) is 11.6. The van der Waals surface area contributed by atoms with E-state index >= 15 is 0 Å². The summed E-state index contributed by atoms with van der Waals surface area (Å²) in [5.74, 6) is 2.37. The predicted molar refractivity (Wildman–Crippen MR) is 151 cm³/mol. The number of hydrogen-bond acceptors (Lipinski definition) is 4. The summed E-state index contributed by atoms with van der Waals surface area (Å²) in [7, 11) is 0. The van der Waals surface area contributed by atoms with Gasteiger partial charge in [0.05, 0.1) is 11.7 Å². The van der Waals surface area contributed by atoms with E-state index in [0.717, 1.165) is 75.2 Å². The van der Waals surface area contributed by atoms with Crippen LogP contribution in [0.5, 0.6) is 0 Å². The molecule has 3 fully saturated rings. The molecular weight excluding hydrogens is 472 g/mol. The molecule has 4 nitrogen and oxygen atoms in total. The number of aliphatic hydroxyl groups excluding tert-OH is 1. The molecule has 2 N–H and O–H groups in total. The summed E-state index contributed by atoms with van der Waals surface area (Å²) in [5.41, 5.74) is 2.38. The van der Waals surface area contributed by atoms with Gasteiger partial charge in [0.25, 0.3) is 0 Å². The van der Waals surface area contributed by atoms with Crippen molar-refractivity contribution in [3.63, 3.8) is 0 Å². The average molecular weight is 523 g/mol. The largest absolute Gasteiger partial charge is 0.461 e. The highest BCUT2D eigenvalue weighted by Gasteiger charge is 2.61. The SMILES string of the molecule is CC(O)(CCCCCC(=O)OCc1ccccc1)[C@H]1CCC2C3CC=C4C[C@@H](O)CC[C@]4(C)C3CC[C@@]21C. The smallest absolute Gasteiger partial charge is 0.306 e. The molecule has 210 valence electrons. The summed E-state index contributed by atoms with van der Waals surface area (Å²) in [5, 5.41) is 22.1. The van der Waals surface area contributed by atoms with Crippen LogP contribution in [0, 0.1) is 34.5 Å². The summed E-state index contributed by atoms with van der Waals surface area (Å²) in [6.45, 7) is 7.42. The molecule has 38 heavy (non-hydrogen) atoms. The van der Waals surface area contributed by atoms with Gasteiger partial charge in [-0.2, -0.15) is 0 Å². The lowest BCUT2D eigenvalue weighted by Crippen LogP contribution is -2.53. The number of carbonyl (C=O) groups excluding carboxylic acids is 1. The first-order chi connectivity index (χ1) is 18.1. The number of allylic oxidation sites excluding steroid dienone is 1. The maximum absolute atomic E-state index is 12.1. The number of esters is 1. The number of benzene rings is 1. The van der Waals surface area contributed by atoms with E-state index < -0.39 is 5.60 Å². The first kappa shape index (κ1) is 27.9. The van der Waals surface area contributed by atoms with E-state index in [1.807, 2.05) is 30.3 Å². The highest BCUT2D eigenvalue weighted by molar-refractivity contribution is 5.69. The van der Waals surface area contributed by atoms with Crippen LogP contribution >= 0.6 is 0 Å².